The van der Waals surface area contributed by atoms with Gasteiger partial charge in [-0.1, -0.05) is 36.4 Å². The lowest BCUT2D eigenvalue weighted by molar-refractivity contribution is -0.120. The van der Waals surface area contributed by atoms with E-state index >= 15 is 0 Å². The number of H-pyrrole nitrogens is 1. The number of nitrogens with zero attached hydrogens (tertiary/aromatic N) is 1. The number of halogens is 1. The molecule has 0 saturated heterocycles. The third-order valence-electron chi connectivity index (χ3n) is 6.09. The number of para-hydroxylation sites is 1. The summed E-state index contributed by atoms with van der Waals surface area (Å²) >= 11 is 2.05. The molecule has 10 heteroatoms. The highest BCUT2D eigenvalue weighted by Crippen LogP contribution is 2.28. The van der Waals surface area contributed by atoms with Crippen LogP contribution in [0.5, 0.6) is 0 Å². The molecule has 0 unspecified atom stereocenters. The zero-order chi connectivity index (χ0) is 26.0. The Hall–Kier alpha value is -3.64. The second-order valence-electron chi connectivity index (χ2n) is 8.47. The van der Waals surface area contributed by atoms with Crippen LogP contribution in [-0.2, 0) is 21.2 Å². The van der Waals surface area contributed by atoms with Crippen molar-refractivity contribution >= 4 is 66.2 Å². The minimum absolute atomic E-state index is 0.161. The number of fused-ring (bicyclic) bond motifs is 2. The minimum Gasteiger partial charge on any atom is -0.361 e. The first-order chi connectivity index (χ1) is 17.8. The molecule has 188 valence electrons. The van der Waals surface area contributed by atoms with Gasteiger partial charge in [0.05, 0.1) is 17.0 Å². The lowest BCUT2D eigenvalue weighted by Gasteiger charge is -2.09. The third kappa shape index (κ3) is 5.12. The molecule has 0 saturated carbocycles. The molecule has 0 aliphatic heterocycles. The third-order valence-corrected chi connectivity index (χ3v) is 8.63. The number of hydrogen-bond acceptors (Lipinski definition) is 4. The van der Waals surface area contributed by atoms with Gasteiger partial charge in [0, 0.05) is 44.4 Å². The summed E-state index contributed by atoms with van der Waals surface area (Å²) in [5.74, 6) is -0.702. The van der Waals surface area contributed by atoms with E-state index in [4.69, 9.17) is 0 Å². The lowest BCUT2D eigenvalue weighted by Crippen LogP contribution is -2.37. The second-order valence-corrected chi connectivity index (χ2v) is 11.4. The first kappa shape index (κ1) is 25.0. The van der Waals surface area contributed by atoms with Gasteiger partial charge in [-0.25, -0.2) is 12.4 Å². The van der Waals surface area contributed by atoms with E-state index in [0.717, 1.165) is 16.5 Å². The highest BCUT2D eigenvalue weighted by atomic mass is 127. The Morgan fingerprint density at radius 1 is 0.919 bits per heavy atom. The molecule has 0 spiro atoms. The fourth-order valence-corrected chi connectivity index (χ4v) is 6.50. The van der Waals surface area contributed by atoms with Crippen LogP contribution in [0.2, 0.25) is 0 Å². The molecule has 0 aliphatic carbocycles. The Morgan fingerprint density at radius 3 is 2.49 bits per heavy atom. The summed E-state index contributed by atoms with van der Waals surface area (Å²) < 4.78 is 28.2. The fourth-order valence-electron chi connectivity index (χ4n) is 4.21. The van der Waals surface area contributed by atoms with Crippen molar-refractivity contribution in [2.45, 2.75) is 11.3 Å². The Labute approximate surface area is 227 Å². The number of amides is 2. The van der Waals surface area contributed by atoms with Gasteiger partial charge in [-0.3, -0.25) is 9.59 Å². The van der Waals surface area contributed by atoms with Crippen LogP contribution in [0.1, 0.15) is 15.9 Å². The highest BCUT2D eigenvalue weighted by Gasteiger charge is 2.21. The quantitative estimate of drug-likeness (QED) is 0.226. The number of rotatable bonds is 8. The van der Waals surface area contributed by atoms with Gasteiger partial charge < -0.3 is 15.6 Å². The van der Waals surface area contributed by atoms with Gasteiger partial charge in [0.2, 0.25) is 5.91 Å². The molecule has 0 atom stereocenters. The molecule has 0 radical (unpaired) electrons. The maximum Gasteiger partial charge on any atom is 0.268 e. The minimum atomic E-state index is -3.78. The van der Waals surface area contributed by atoms with Crippen molar-refractivity contribution in [3.8, 4) is 0 Å². The molecule has 5 aromatic rings. The number of nitrogens with one attached hydrogen (secondary N) is 3. The van der Waals surface area contributed by atoms with Gasteiger partial charge in [0.25, 0.3) is 15.9 Å². The van der Waals surface area contributed by atoms with Crippen LogP contribution in [0.25, 0.3) is 21.8 Å². The molecule has 0 bridgehead atoms. The number of hydrogen-bond donors (Lipinski definition) is 3. The maximum absolute atomic E-state index is 13.1. The van der Waals surface area contributed by atoms with E-state index in [1.165, 1.54) is 10.2 Å². The number of carbonyl (C=O) groups excluding carboxylic acids is 2. The fraction of sp³-hybridized carbons (Fsp3) is 0.111. The highest BCUT2D eigenvalue weighted by molar-refractivity contribution is 14.1. The number of aromatic nitrogens is 2. The molecule has 5 rings (SSSR count). The molecule has 3 N–H and O–H groups in total. The van der Waals surface area contributed by atoms with Crippen molar-refractivity contribution in [2.75, 3.05) is 13.1 Å². The molecular weight excluding hydrogens is 603 g/mol. The van der Waals surface area contributed by atoms with E-state index in [1.54, 1.807) is 48.5 Å². The summed E-state index contributed by atoms with van der Waals surface area (Å²) in [5.41, 5.74) is 2.98. The molecule has 2 heterocycles. The topological polar surface area (TPSA) is 113 Å². The summed E-state index contributed by atoms with van der Waals surface area (Å²) in [7, 11) is -3.78. The van der Waals surface area contributed by atoms with Crippen LogP contribution in [0.3, 0.4) is 0 Å². The second kappa shape index (κ2) is 10.4. The molecule has 0 fully saturated rings. The number of aromatic amines is 1. The molecule has 3 aromatic carbocycles. The molecule has 37 heavy (non-hydrogen) atoms. The molecule has 0 aliphatic rings. The Balaban J connectivity index is 1.22. The summed E-state index contributed by atoms with van der Waals surface area (Å²) in [5, 5.41) is 7.22. The van der Waals surface area contributed by atoms with Crippen LogP contribution in [0, 0.1) is 3.57 Å². The normalized spacial score (nSPS) is 11.6. The zero-order valence-electron chi connectivity index (χ0n) is 19.6. The van der Waals surface area contributed by atoms with E-state index < -0.39 is 15.9 Å². The predicted molar refractivity (Wildman–Crippen MR) is 151 cm³/mol. The van der Waals surface area contributed by atoms with Gasteiger partial charge in [-0.15, -0.1) is 0 Å². The lowest BCUT2D eigenvalue weighted by atomic mass is 10.1. The molecule has 2 amide bonds. The molecule has 8 nitrogen and oxygen atoms in total. The summed E-state index contributed by atoms with van der Waals surface area (Å²) in [6.45, 7) is 0.287. The van der Waals surface area contributed by atoms with Gasteiger partial charge >= 0.3 is 0 Å². The SMILES string of the molecule is O=C(CNC(=O)c1ccc2c(c1)c(I)cn2S(=O)(=O)c1ccccc1)NCCc1c[nH]c2ccccc12. The zero-order valence-corrected chi connectivity index (χ0v) is 22.5. The summed E-state index contributed by atoms with van der Waals surface area (Å²) in [6.07, 6.45) is 4.15. The van der Waals surface area contributed by atoms with Crippen molar-refractivity contribution < 1.29 is 18.0 Å². The van der Waals surface area contributed by atoms with E-state index in [-0.39, 0.29) is 17.3 Å². The van der Waals surface area contributed by atoms with Crippen molar-refractivity contribution in [2.24, 2.45) is 0 Å². The van der Waals surface area contributed by atoms with Crippen molar-refractivity contribution in [1.82, 2.24) is 19.6 Å². The van der Waals surface area contributed by atoms with Gasteiger partial charge in [-0.2, -0.15) is 0 Å². The average molecular weight is 626 g/mol. The van der Waals surface area contributed by atoms with E-state index in [2.05, 4.69) is 38.2 Å². The standard InChI is InChI=1S/C27H23IN4O4S/c28-23-17-32(37(35,36)20-6-2-1-3-7-20)25-11-10-18(14-22(23)25)27(34)31-16-26(33)29-13-12-19-15-30-24-9-5-4-8-21(19)24/h1-11,14-15,17,30H,12-13,16H2,(H,29,33)(H,31,34). The Morgan fingerprint density at radius 2 is 1.68 bits per heavy atom. The van der Waals surface area contributed by atoms with Crippen molar-refractivity contribution in [1.29, 1.82) is 0 Å². The van der Waals surface area contributed by atoms with E-state index in [9.17, 15) is 18.0 Å². The van der Waals surface area contributed by atoms with Crippen molar-refractivity contribution in [3.05, 3.63) is 99.9 Å². The Bertz CT molecular complexity index is 1730. The summed E-state index contributed by atoms with van der Waals surface area (Å²) in [6, 6.07) is 21.0. The number of carbonyl (C=O) groups is 2. The van der Waals surface area contributed by atoms with Crippen LogP contribution >= 0.6 is 22.6 Å². The maximum atomic E-state index is 13.1. The van der Waals surface area contributed by atoms with Crippen molar-refractivity contribution in [3.63, 3.8) is 0 Å². The van der Waals surface area contributed by atoms with Crippen LogP contribution in [-0.4, -0.2) is 42.3 Å². The van der Waals surface area contributed by atoms with Crippen LogP contribution < -0.4 is 10.6 Å². The smallest absolute Gasteiger partial charge is 0.268 e. The monoisotopic (exact) mass is 626 g/mol. The molecule has 2 aromatic heterocycles. The number of benzene rings is 3. The van der Waals surface area contributed by atoms with Crippen LogP contribution in [0.15, 0.2) is 90.1 Å². The first-order valence-corrected chi connectivity index (χ1v) is 14.1. The van der Waals surface area contributed by atoms with Gasteiger partial charge in [0.1, 0.15) is 0 Å². The van der Waals surface area contributed by atoms with E-state index in [0.29, 0.717) is 33.0 Å². The predicted octanol–water partition coefficient (Wildman–Crippen LogP) is 4.05. The molecular formula is C27H23IN4O4S. The average Bonchev–Trinajstić information content (AvgIpc) is 3.49. The van der Waals surface area contributed by atoms with E-state index in [1.807, 2.05) is 30.5 Å². The Kier molecular flexibility index (Phi) is 7.02. The summed E-state index contributed by atoms with van der Waals surface area (Å²) in [4.78, 5) is 28.4. The van der Waals surface area contributed by atoms with Crippen LogP contribution in [0.4, 0.5) is 0 Å². The largest absolute Gasteiger partial charge is 0.361 e. The van der Waals surface area contributed by atoms with Gasteiger partial charge in [0.15, 0.2) is 0 Å². The van der Waals surface area contributed by atoms with Gasteiger partial charge in [-0.05, 0) is 71.0 Å². The first-order valence-electron chi connectivity index (χ1n) is 11.6.